The summed E-state index contributed by atoms with van der Waals surface area (Å²) in [4.78, 5) is 29.1. The standard InChI is InChI=1S/C31H35ClN2O3/c1-23-16-18-25(19-17-23)21-34(30(35)22-37-29-15-9-8-14-27(29)32)28(20-24-10-4-2-5-11-24)31(36)33-26-12-6-3-7-13-26/h2,4-5,8-11,14-19,26,28H,3,6-7,12-13,20-22H2,1H3,(H,33,36)/t28-/m0/s1. The van der Waals surface area contributed by atoms with E-state index in [9.17, 15) is 9.59 Å². The number of aryl methyl sites for hydroxylation is 1. The van der Waals surface area contributed by atoms with E-state index < -0.39 is 6.04 Å². The molecular formula is C31H35ClN2O3. The predicted molar refractivity (Wildman–Crippen MR) is 148 cm³/mol. The molecule has 0 aromatic heterocycles. The molecule has 1 atom stereocenters. The third-order valence-electron chi connectivity index (χ3n) is 6.88. The molecule has 37 heavy (non-hydrogen) atoms. The quantitative estimate of drug-likeness (QED) is 0.352. The smallest absolute Gasteiger partial charge is 0.261 e. The Labute approximate surface area is 224 Å². The Hall–Kier alpha value is -3.31. The largest absolute Gasteiger partial charge is 0.482 e. The van der Waals surface area contributed by atoms with Crippen LogP contribution in [0.2, 0.25) is 5.02 Å². The monoisotopic (exact) mass is 518 g/mol. The lowest BCUT2D eigenvalue weighted by Crippen LogP contribution is -2.53. The summed E-state index contributed by atoms with van der Waals surface area (Å²) in [5.41, 5.74) is 3.10. The zero-order chi connectivity index (χ0) is 26.0. The number of rotatable bonds is 10. The Kier molecular flexibility index (Phi) is 9.61. The fourth-order valence-electron chi connectivity index (χ4n) is 4.77. The first-order valence-electron chi connectivity index (χ1n) is 13.1. The van der Waals surface area contributed by atoms with Gasteiger partial charge in [-0.15, -0.1) is 0 Å². The maximum Gasteiger partial charge on any atom is 0.261 e. The minimum Gasteiger partial charge on any atom is -0.482 e. The summed E-state index contributed by atoms with van der Waals surface area (Å²) in [6.45, 7) is 2.12. The van der Waals surface area contributed by atoms with Crippen molar-refractivity contribution in [2.24, 2.45) is 0 Å². The summed E-state index contributed by atoms with van der Waals surface area (Å²) in [5.74, 6) is 0.0632. The molecule has 0 bridgehead atoms. The van der Waals surface area contributed by atoms with E-state index in [1.165, 1.54) is 6.42 Å². The van der Waals surface area contributed by atoms with Crippen LogP contribution in [-0.2, 0) is 22.6 Å². The van der Waals surface area contributed by atoms with Crippen LogP contribution in [-0.4, -0.2) is 35.4 Å². The zero-order valence-corrected chi connectivity index (χ0v) is 22.1. The van der Waals surface area contributed by atoms with Gasteiger partial charge in [-0.05, 0) is 43.0 Å². The number of hydrogen-bond acceptors (Lipinski definition) is 3. The van der Waals surface area contributed by atoms with Crippen LogP contribution < -0.4 is 10.1 Å². The maximum absolute atomic E-state index is 13.8. The van der Waals surface area contributed by atoms with E-state index in [0.717, 1.165) is 42.4 Å². The molecule has 0 saturated heterocycles. The van der Waals surface area contributed by atoms with Gasteiger partial charge in [-0.3, -0.25) is 9.59 Å². The van der Waals surface area contributed by atoms with Crippen molar-refractivity contribution in [2.75, 3.05) is 6.61 Å². The van der Waals surface area contributed by atoms with Crippen molar-refractivity contribution in [3.63, 3.8) is 0 Å². The summed E-state index contributed by atoms with van der Waals surface area (Å²) in [5, 5.41) is 3.70. The number of nitrogens with one attached hydrogen (secondary N) is 1. The molecule has 1 aliphatic carbocycles. The minimum absolute atomic E-state index is 0.117. The van der Waals surface area contributed by atoms with Crippen LogP contribution in [0.15, 0.2) is 78.9 Å². The molecule has 3 aromatic carbocycles. The number of carbonyl (C=O) groups excluding carboxylic acids is 2. The summed E-state index contributed by atoms with van der Waals surface area (Å²) in [6, 6.07) is 24.5. The number of para-hydroxylation sites is 1. The molecule has 1 fully saturated rings. The molecule has 5 nitrogen and oxygen atoms in total. The SMILES string of the molecule is Cc1ccc(CN(C(=O)COc2ccccc2Cl)[C@@H](Cc2ccccc2)C(=O)NC2CCCCC2)cc1. The molecule has 1 aliphatic rings. The van der Waals surface area contributed by atoms with Gasteiger partial charge in [0.1, 0.15) is 11.8 Å². The first-order chi connectivity index (χ1) is 18.0. The van der Waals surface area contributed by atoms with Gasteiger partial charge in [-0.2, -0.15) is 0 Å². The Morgan fingerprint density at radius 1 is 0.919 bits per heavy atom. The first kappa shape index (κ1) is 26.7. The Bertz CT molecular complexity index is 1160. The topological polar surface area (TPSA) is 58.6 Å². The molecule has 0 unspecified atom stereocenters. The van der Waals surface area contributed by atoms with Crippen LogP contribution in [0.5, 0.6) is 5.75 Å². The highest BCUT2D eigenvalue weighted by Crippen LogP contribution is 2.24. The highest BCUT2D eigenvalue weighted by atomic mass is 35.5. The molecule has 0 aliphatic heterocycles. The molecule has 0 spiro atoms. The van der Waals surface area contributed by atoms with E-state index in [1.807, 2.05) is 73.7 Å². The van der Waals surface area contributed by atoms with Crippen LogP contribution in [0, 0.1) is 6.92 Å². The molecule has 0 radical (unpaired) electrons. The minimum atomic E-state index is -0.673. The lowest BCUT2D eigenvalue weighted by atomic mass is 9.94. The second-order valence-electron chi connectivity index (χ2n) is 9.78. The number of amides is 2. The normalized spacial score (nSPS) is 14.5. The van der Waals surface area contributed by atoms with Crippen LogP contribution in [0.3, 0.4) is 0 Å². The average Bonchev–Trinajstić information content (AvgIpc) is 2.92. The average molecular weight is 519 g/mol. The second kappa shape index (κ2) is 13.3. The molecule has 1 saturated carbocycles. The summed E-state index contributed by atoms with van der Waals surface area (Å²) < 4.78 is 5.81. The fourth-order valence-corrected chi connectivity index (χ4v) is 4.96. The van der Waals surface area contributed by atoms with Gasteiger partial charge < -0.3 is 15.0 Å². The molecule has 194 valence electrons. The Balaban J connectivity index is 1.61. The van der Waals surface area contributed by atoms with Crippen LogP contribution >= 0.6 is 11.6 Å². The number of hydrogen-bond donors (Lipinski definition) is 1. The van der Waals surface area contributed by atoms with Crippen molar-refractivity contribution >= 4 is 23.4 Å². The Morgan fingerprint density at radius 2 is 1.59 bits per heavy atom. The van der Waals surface area contributed by atoms with Gasteiger partial charge in [-0.1, -0.05) is 103 Å². The van der Waals surface area contributed by atoms with Gasteiger partial charge in [0.05, 0.1) is 5.02 Å². The van der Waals surface area contributed by atoms with Crippen molar-refractivity contribution in [3.05, 3.63) is 101 Å². The van der Waals surface area contributed by atoms with E-state index in [4.69, 9.17) is 16.3 Å². The van der Waals surface area contributed by atoms with Crippen molar-refractivity contribution in [1.29, 1.82) is 0 Å². The van der Waals surface area contributed by atoms with Crippen molar-refractivity contribution < 1.29 is 14.3 Å². The first-order valence-corrected chi connectivity index (χ1v) is 13.4. The van der Waals surface area contributed by atoms with Crippen molar-refractivity contribution in [1.82, 2.24) is 10.2 Å². The number of carbonyl (C=O) groups is 2. The molecule has 4 rings (SSSR count). The van der Waals surface area contributed by atoms with E-state index in [-0.39, 0.29) is 24.5 Å². The summed E-state index contributed by atoms with van der Waals surface area (Å²) in [7, 11) is 0. The van der Waals surface area contributed by atoms with Crippen molar-refractivity contribution in [3.8, 4) is 5.75 Å². The van der Waals surface area contributed by atoms with E-state index in [2.05, 4.69) is 5.32 Å². The van der Waals surface area contributed by atoms with Crippen LogP contribution in [0.4, 0.5) is 0 Å². The van der Waals surface area contributed by atoms with Gasteiger partial charge in [0.15, 0.2) is 6.61 Å². The zero-order valence-electron chi connectivity index (χ0n) is 21.4. The Morgan fingerprint density at radius 3 is 2.30 bits per heavy atom. The number of nitrogens with zero attached hydrogens (tertiary/aromatic N) is 1. The third-order valence-corrected chi connectivity index (χ3v) is 7.20. The molecule has 2 amide bonds. The van der Waals surface area contributed by atoms with E-state index in [1.54, 1.807) is 17.0 Å². The molecular weight excluding hydrogens is 484 g/mol. The number of ether oxygens (including phenoxy) is 1. The van der Waals surface area contributed by atoms with Gasteiger partial charge >= 0.3 is 0 Å². The predicted octanol–water partition coefficient (Wildman–Crippen LogP) is 6.12. The van der Waals surface area contributed by atoms with Gasteiger partial charge in [0.2, 0.25) is 5.91 Å². The number of halogens is 1. The molecule has 3 aromatic rings. The van der Waals surface area contributed by atoms with Gasteiger partial charge in [0, 0.05) is 19.0 Å². The third kappa shape index (κ3) is 7.83. The van der Waals surface area contributed by atoms with E-state index in [0.29, 0.717) is 23.7 Å². The highest BCUT2D eigenvalue weighted by molar-refractivity contribution is 6.32. The highest BCUT2D eigenvalue weighted by Gasteiger charge is 2.32. The van der Waals surface area contributed by atoms with Gasteiger partial charge in [-0.25, -0.2) is 0 Å². The van der Waals surface area contributed by atoms with Crippen LogP contribution in [0.25, 0.3) is 0 Å². The maximum atomic E-state index is 13.8. The van der Waals surface area contributed by atoms with Crippen LogP contribution in [0.1, 0.15) is 48.8 Å². The molecule has 0 heterocycles. The molecule has 6 heteroatoms. The van der Waals surface area contributed by atoms with Crippen molar-refractivity contribution in [2.45, 2.75) is 64.1 Å². The summed E-state index contributed by atoms with van der Waals surface area (Å²) in [6.07, 6.45) is 5.81. The fraction of sp³-hybridized carbons (Fsp3) is 0.355. The molecule has 1 N–H and O–H groups in total. The van der Waals surface area contributed by atoms with E-state index >= 15 is 0 Å². The lowest BCUT2D eigenvalue weighted by Gasteiger charge is -2.33. The second-order valence-corrected chi connectivity index (χ2v) is 10.2. The van der Waals surface area contributed by atoms with Gasteiger partial charge in [0.25, 0.3) is 5.91 Å². The number of benzene rings is 3. The lowest BCUT2D eigenvalue weighted by molar-refractivity contribution is -0.143. The summed E-state index contributed by atoms with van der Waals surface area (Å²) >= 11 is 6.25.